The van der Waals surface area contributed by atoms with Crippen LogP contribution < -0.4 is 10.2 Å². The van der Waals surface area contributed by atoms with Crippen molar-refractivity contribution in [3.8, 4) is 0 Å². The number of aliphatic hydroxyl groups excluding tert-OH is 1. The number of morpholine rings is 1. The number of aliphatic hydroxyl groups is 1. The van der Waals surface area contributed by atoms with Gasteiger partial charge in [-0.15, -0.1) is 11.3 Å². The molecule has 3 fully saturated rings. The summed E-state index contributed by atoms with van der Waals surface area (Å²) in [5.41, 5.74) is 1.07. The average Bonchev–Trinajstić information content (AvgIpc) is 3.23. The maximum Gasteiger partial charge on any atom is 0.227 e. The number of hydrogen-bond acceptors (Lipinski definition) is 7. The highest BCUT2D eigenvalue weighted by Gasteiger charge is 2.42. The Bertz CT molecular complexity index is 747. The molecular formula is C18H24N4O2S. The summed E-state index contributed by atoms with van der Waals surface area (Å²) >= 11 is 1.69. The lowest BCUT2D eigenvalue weighted by atomic mass is 9.92. The maximum atomic E-state index is 9.57. The van der Waals surface area contributed by atoms with Crippen LogP contribution >= 0.6 is 11.3 Å². The van der Waals surface area contributed by atoms with Crippen molar-refractivity contribution in [3.05, 3.63) is 17.1 Å². The fourth-order valence-electron chi connectivity index (χ4n) is 4.75. The Balaban J connectivity index is 1.54. The van der Waals surface area contributed by atoms with Crippen molar-refractivity contribution in [1.29, 1.82) is 0 Å². The Morgan fingerprint density at radius 2 is 2.12 bits per heavy atom. The van der Waals surface area contributed by atoms with Crippen LogP contribution in [0.3, 0.4) is 0 Å². The molecular weight excluding hydrogens is 336 g/mol. The topological polar surface area (TPSA) is 70.5 Å². The summed E-state index contributed by atoms with van der Waals surface area (Å²) < 4.78 is 5.67. The second kappa shape index (κ2) is 6.46. The highest BCUT2D eigenvalue weighted by molar-refractivity contribution is 7.16. The molecule has 6 nitrogen and oxygen atoms in total. The van der Waals surface area contributed by atoms with Gasteiger partial charge in [0, 0.05) is 30.6 Å². The van der Waals surface area contributed by atoms with E-state index in [-0.39, 0.29) is 6.04 Å². The minimum Gasteiger partial charge on any atom is -0.396 e. The third-order valence-corrected chi connectivity index (χ3v) is 6.72. The summed E-state index contributed by atoms with van der Waals surface area (Å²) in [5, 5.41) is 16.4. The van der Waals surface area contributed by atoms with Gasteiger partial charge in [-0.05, 0) is 43.0 Å². The zero-order valence-electron chi connectivity index (χ0n) is 14.2. The molecule has 2 bridgehead atoms. The van der Waals surface area contributed by atoms with Crippen LogP contribution in [-0.2, 0) is 4.74 Å². The van der Waals surface area contributed by atoms with Gasteiger partial charge in [0.25, 0.3) is 0 Å². The molecule has 3 atom stereocenters. The zero-order chi connectivity index (χ0) is 16.8. The number of hydrogen-bond donors (Lipinski definition) is 2. The fraction of sp³-hybridized carbons (Fsp3) is 0.667. The SMILES string of the molecule is OCC1CC2CCC(C1)N2c1nc(C2COCCN2)c2ccsc2n1. The van der Waals surface area contributed by atoms with E-state index in [9.17, 15) is 5.11 Å². The van der Waals surface area contributed by atoms with E-state index >= 15 is 0 Å². The van der Waals surface area contributed by atoms with Gasteiger partial charge in [-0.1, -0.05) is 0 Å². The predicted octanol–water partition coefficient (Wildman–Crippen LogP) is 2.09. The van der Waals surface area contributed by atoms with Gasteiger partial charge < -0.3 is 20.1 Å². The number of nitrogens with zero attached hydrogens (tertiary/aromatic N) is 3. The molecule has 3 unspecified atom stereocenters. The molecule has 5 heterocycles. The van der Waals surface area contributed by atoms with Crippen LogP contribution in [0.2, 0.25) is 0 Å². The van der Waals surface area contributed by atoms with Crippen LogP contribution in [0.1, 0.15) is 37.4 Å². The second-order valence-corrected chi connectivity index (χ2v) is 8.34. The number of rotatable bonds is 3. The summed E-state index contributed by atoms with van der Waals surface area (Å²) in [5.74, 6) is 1.31. The molecule has 7 heteroatoms. The summed E-state index contributed by atoms with van der Waals surface area (Å²) in [6.45, 7) is 2.60. The van der Waals surface area contributed by atoms with Crippen molar-refractivity contribution in [3.63, 3.8) is 0 Å². The molecule has 5 rings (SSSR count). The Kier molecular flexibility index (Phi) is 4.12. The lowest BCUT2D eigenvalue weighted by molar-refractivity contribution is 0.0760. The van der Waals surface area contributed by atoms with E-state index in [0.29, 0.717) is 31.2 Å². The molecule has 0 aromatic carbocycles. The smallest absolute Gasteiger partial charge is 0.227 e. The Morgan fingerprint density at radius 3 is 2.84 bits per heavy atom. The first-order valence-corrected chi connectivity index (χ1v) is 10.2. The van der Waals surface area contributed by atoms with Gasteiger partial charge in [-0.3, -0.25) is 0 Å². The van der Waals surface area contributed by atoms with Crippen LogP contribution in [0, 0.1) is 5.92 Å². The van der Waals surface area contributed by atoms with Crippen LogP contribution in [-0.4, -0.2) is 53.5 Å². The van der Waals surface area contributed by atoms with Crippen LogP contribution in [0.25, 0.3) is 10.2 Å². The number of fused-ring (bicyclic) bond motifs is 3. The van der Waals surface area contributed by atoms with Gasteiger partial charge in [-0.25, -0.2) is 9.97 Å². The molecule has 0 aliphatic carbocycles. The van der Waals surface area contributed by atoms with E-state index in [2.05, 4.69) is 21.7 Å². The van der Waals surface area contributed by atoms with Crippen molar-refractivity contribution >= 4 is 27.5 Å². The van der Waals surface area contributed by atoms with Gasteiger partial charge in [0.05, 0.1) is 24.9 Å². The van der Waals surface area contributed by atoms with Crippen LogP contribution in [0.4, 0.5) is 5.95 Å². The van der Waals surface area contributed by atoms with E-state index in [0.717, 1.165) is 47.9 Å². The first-order chi connectivity index (χ1) is 12.3. The summed E-state index contributed by atoms with van der Waals surface area (Å²) in [4.78, 5) is 13.4. The third kappa shape index (κ3) is 2.73. The summed E-state index contributed by atoms with van der Waals surface area (Å²) in [6, 6.07) is 3.20. The molecule has 0 saturated carbocycles. The molecule has 3 aliphatic rings. The van der Waals surface area contributed by atoms with Crippen LogP contribution in [0.5, 0.6) is 0 Å². The van der Waals surface area contributed by atoms with E-state index in [1.807, 2.05) is 0 Å². The third-order valence-electron chi connectivity index (χ3n) is 5.91. The predicted molar refractivity (Wildman–Crippen MR) is 98.1 cm³/mol. The Morgan fingerprint density at radius 1 is 1.28 bits per heavy atom. The first-order valence-electron chi connectivity index (χ1n) is 9.29. The number of thiophene rings is 1. The number of piperidine rings is 1. The van der Waals surface area contributed by atoms with Crippen molar-refractivity contribution < 1.29 is 9.84 Å². The average molecular weight is 360 g/mol. The molecule has 3 saturated heterocycles. The molecule has 3 aliphatic heterocycles. The Labute approximate surface area is 151 Å². The van der Waals surface area contributed by atoms with Crippen LogP contribution in [0.15, 0.2) is 11.4 Å². The van der Waals surface area contributed by atoms with Gasteiger partial charge in [0.15, 0.2) is 0 Å². The van der Waals surface area contributed by atoms with Gasteiger partial charge in [0.2, 0.25) is 5.95 Å². The largest absolute Gasteiger partial charge is 0.396 e. The normalized spacial score (nSPS) is 32.4. The number of anilines is 1. The zero-order valence-corrected chi connectivity index (χ0v) is 15.0. The Hall–Kier alpha value is -1.28. The molecule has 25 heavy (non-hydrogen) atoms. The molecule has 2 N–H and O–H groups in total. The maximum absolute atomic E-state index is 9.57. The van der Waals surface area contributed by atoms with E-state index in [4.69, 9.17) is 14.7 Å². The van der Waals surface area contributed by atoms with E-state index < -0.39 is 0 Å². The molecule has 2 aromatic heterocycles. The van der Waals surface area contributed by atoms with Crippen molar-refractivity contribution in [1.82, 2.24) is 15.3 Å². The highest BCUT2D eigenvalue weighted by atomic mass is 32.1. The first kappa shape index (κ1) is 15.9. The van der Waals surface area contributed by atoms with Gasteiger partial charge in [-0.2, -0.15) is 0 Å². The lowest BCUT2D eigenvalue weighted by Crippen LogP contribution is -2.45. The minimum atomic E-state index is 0.139. The standard InChI is InChI=1S/C18H24N4O2S/c23-9-11-7-12-1-2-13(8-11)22(12)18-20-16(15-10-24-5-4-19-15)14-3-6-25-17(14)21-18/h3,6,11-13,15,19,23H,1-2,4-5,7-10H2. The van der Waals surface area contributed by atoms with Gasteiger partial charge >= 0.3 is 0 Å². The quantitative estimate of drug-likeness (QED) is 0.873. The fourth-order valence-corrected chi connectivity index (χ4v) is 5.52. The molecule has 0 spiro atoms. The van der Waals surface area contributed by atoms with Crippen molar-refractivity contribution in [2.24, 2.45) is 5.92 Å². The number of nitrogens with one attached hydrogen (secondary N) is 1. The minimum absolute atomic E-state index is 0.139. The summed E-state index contributed by atoms with van der Waals surface area (Å²) in [7, 11) is 0. The molecule has 0 radical (unpaired) electrons. The van der Waals surface area contributed by atoms with E-state index in [1.165, 1.54) is 12.8 Å². The number of aromatic nitrogens is 2. The van der Waals surface area contributed by atoms with Crippen molar-refractivity contribution in [2.45, 2.75) is 43.8 Å². The lowest BCUT2D eigenvalue weighted by Gasteiger charge is -2.38. The summed E-state index contributed by atoms with van der Waals surface area (Å²) in [6.07, 6.45) is 4.48. The molecule has 2 aromatic rings. The van der Waals surface area contributed by atoms with Crippen molar-refractivity contribution in [2.75, 3.05) is 31.3 Å². The van der Waals surface area contributed by atoms with E-state index in [1.54, 1.807) is 11.3 Å². The molecule has 134 valence electrons. The highest BCUT2D eigenvalue weighted by Crippen LogP contribution is 2.41. The number of ether oxygens (including phenoxy) is 1. The second-order valence-electron chi connectivity index (χ2n) is 7.44. The molecule has 0 amide bonds. The monoisotopic (exact) mass is 360 g/mol. The van der Waals surface area contributed by atoms with Gasteiger partial charge in [0.1, 0.15) is 4.83 Å².